The molecular formula is C12H12N2O2. The van der Waals surface area contributed by atoms with Crippen molar-refractivity contribution in [1.29, 1.82) is 5.26 Å². The minimum absolute atomic E-state index is 0.430. The summed E-state index contributed by atoms with van der Waals surface area (Å²) in [4.78, 5) is 4.36. The van der Waals surface area contributed by atoms with Crippen LogP contribution in [0.25, 0.3) is 0 Å². The molecule has 16 heavy (non-hydrogen) atoms. The van der Waals surface area contributed by atoms with Crippen LogP contribution in [0.5, 0.6) is 0 Å². The Hall–Kier alpha value is -1.44. The third-order valence-corrected chi connectivity index (χ3v) is 3.16. The monoisotopic (exact) mass is 216 g/mol. The molecule has 0 unspecified atom stereocenters. The number of pyridine rings is 1. The highest BCUT2D eigenvalue weighted by Crippen LogP contribution is 2.40. The molecule has 0 aromatic carbocycles. The van der Waals surface area contributed by atoms with E-state index in [9.17, 15) is 0 Å². The van der Waals surface area contributed by atoms with Gasteiger partial charge in [-0.15, -0.1) is 0 Å². The first-order valence-electron chi connectivity index (χ1n) is 5.52. The zero-order valence-corrected chi connectivity index (χ0v) is 8.90. The normalized spacial score (nSPS) is 21.7. The summed E-state index contributed by atoms with van der Waals surface area (Å²) in [5.41, 5.74) is 2.39. The second kappa shape index (κ2) is 3.55. The average molecular weight is 216 g/mol. The number of nitriles is 1. The van der Waals surface area contributed by atoms with Crippen molar-refractivity contribution < 1.29 is 9.47 Å². The number of hydrogen-bond acceptors (Lipinski definition) is 4. The lowest BCUT2D eigenvalue weighted by Gasteiger charge is -2.32. The summed E-state index contributed by atoms with van der Waals surface area (Å²) < 4.78 is 11.4. The Morgan fingerprint density at radius 3 is 2.88 bits per heavy atom. The molecule has 1 aliphatic heterocycles. The van der Waals surface area contributed by atoms with E-state index < -0.39 is 5.79 Å². The Morgan fingerprint density at radius 1 is 1.31 bits per heavy atom. The SMILES string of the molecule is N#Cc1ccc2c(n1)C1(CCC2)OCCO1. The number of aryl methyl sites for hydroxylation is 1. The van der Waals surface area contributed by atoms with E-state index in [4.69, 9.17) is 14.7 Å². The van der Waals surface area contributed by atoms with Crippen molar-refractivity contribution in [3.05, 3.63) is 29.1 Å². The highest BCUT2D eigenvalue weighted by Gasteiger charge is 2.43. The predicted octanol–water partition coefficient (Wildman–Crippen LogP) is 1.49. The minimum atomic E-state index is -0.666. The van der Waals surface area contributed by atoms with Crippen molar-refractivity contribution in [2.24, 2.45) is 0 Å². The molecule has 82 valence electrons. The van der Waals surface area contributed by atoms with Gasteiger partial charge in [0.15, 0.2) is 0 Å². The number of aromatic nitrogens is 1. The average Bonchev–Trinajstić information content (AvgIpc) is 2.79. The minimum Gasteiger partial charge on any atom is -0.342 e. The predicted molar refractivity (Wildman–Crippen MR) is 55.5 cm³/mol. The second-order valence-corrected chi connectivity index (χ2v) is 4.12. The molecule has 1 aliphatic carbocycles. The van der Waals surface area contributed by atoms with Gasteiger partial charge < -0.3 is 9.47 Å². The molecule has 0 radical (unpaired) electrons. The van der Waals surface area contributed by atoms with Gasteiger partial charge in [0.2, 0.25) is 5.79 Å². The van der Waals surface area contributed by atoms with E-state index in [1.807, 2.05) is 6.07 Å². The van der Waals surface area contributed by atoms with Crippen LogP contribution in [-0.2, 0) is 21.7 Å². The van der Waals surface area contributed by atoms with Crippen LogP contribution in [0.1, 0.15) is 29.8 Å². The molecule has 0 atom stereocenters. The quantitative estimate of drug-likeness (QED) is 0.659. The molecule has 4 heteroatoms. The summed E-state index contributed by atoms with van der Waals surface area (Å²) >= 11 is 0. The van der Waals surface area contributed by atoms with Crippen LogP contribution in [0.15, 0.2) is 12.1 Å². The zero-order valence-electron chi connectivity index (χ0n) is 8.90. The maximum Gasteiger partial charge on any atom is 0.212 e. The molecule has 1 aromatic rings. The van der Waals surface area contributed by atoms with Gasteiger partial charge >= 0.3 is 0 Å². The van der Waals surface area contributed by atoms with Crippen LogP contribution < -0.4 is 0 Å². The van der Waals surface area contributed by atoms with Gasteiger partial charge in [0.25, 0.3) is 0 Å². The van der Waals surface area contributed by atoms with E-state index in [2.05, 4.69) is 11.1 Å². The maximum absolute atomic E-state index is 8.88. The lowest BCUT2D eigenvalue weighted by Crippen LogP contribution is -2.33. The first kappa shape index (κ1) is 9.76. The third kappa shape index (κ3) is 1.33. The molecule has 4 nitrogen and oxygen atoms in total. The van der Waals surface area contributed by atoms with Crippen molar-refractivity contribution in [1.82, 2.24) is 4.98 Å². The molecule has 1 fully saturated rings. The molecule has 0 amide bonds. The number of fused-ring (bicyclic) bond motifs is 2. The third-order valence-electron chi connectivity index (χ3n) is 3.16. The lowest BCUT2D eigenvalue weighted by atomic mass is 9.90. The largest absolute Gasteiger partial charge is 0.342 e. The standard InChI is InChI=1S/C12H12N2O2/c13-8-10-4-3-9-2-1-5-12(11(9)14-10)15-6-7-16-12/h3-4H,1-2,5-7H2. The van der Waals surface area contributed by atoms with Gasteiger partial charge in [-0.3, -0.25) is 0 Å². The number of ether oxygens (including phenoxy) is 2. The number of nitrogens with zero attached hydrogens (tertiary/aromatic N) is 2. The molecule has 1 saturated heterocycles. The van der Waals surface area contributed by atoms with Gasteiger partial charge in [-0.2, -0.15) is 5.26 Å². The fourth-order valence-electron chi connectivity index (χ4n) is 2.45. The molecule has 1 aromatic heterocycles. The van der Waals surface area contributed by atoms with Gasteiger partial charge in [-0.25, -0.2) is 4.98 Å². The zero-order chi connectivity index (χ0) is 11.0. The van der Waals surface area contributed by atoms with E-state index in [1.165, 1.54) is 0 Å². The Labute approximate surface area is 93.8 Å². The number of rotatable bonds is 0. The molecule has 0 N–H and O–H groups in total. The molecular weight excluding hydrogens is 204 g/mol. The highest BCUT2D eigenvalue weighted by molar-refractivity contribution is 5.33. The summed E-state index contributed by atoms with van der Waals surface area (Å²) in [6.07, 6.45) is 2.87. The van der Waals surface area contributed by atoms with Gasteiger partial charge in [0.05, 0.1) is 13.2 Å². The Kier molecular flexibility index (Phi) is 2.16. The van der Waals surface area contributed by atoms with Gasteiger partial charge in [-0.05, 0) is 24.5 Å². The topological polar surface area (TPSA) is 55.1 Å². The van der Waals surface area contributed by atoms with Crippen molar-refractivity contribution in [2.45, 2.75) is 25.0 Å². The van der Waals surface area contributed by atoms with E-state index in [0.717, 1.165) is 30.5 Å². The smallest absolute Gasteiger partial charge is 0.212 e. The van der Waals surface area contributed by atoms with E-state index in [0.29, 0.717) is 18.9 Å². The second-order valence-electron chi connectivity index (χ2n) is 4.12. The summed E-state index contributed by atoms with van der Waals surface area (Å²) in [7, 11) is 0. The van der Waals surface area contributed by atoms with Crippen molar-refractivity contribution in [2.75, 3.05) is 13.2 Å². The van der Waals surface area contributed by atoms with E-state index in [1.54, 1.807) is 6.07 Å². The summed E-state index contributed by atoms with van der Waals surface area (Å²) in [6, 6.07) is 5.78. The highest BCUT2D eigenvalue weighted by atomic mass is 16.7. The van der Waals surface area contributed by atoms with Crippen LogP contribution in [0.4, 0.5) is 0 Å². The fraction of sp³-hybridized carbons (Fsp3) is 0.500. The molecule has 2 aliphatic rings. The van der Waals surface area contributed by atoms with Crippen molar-refractivity contribution in [3.63, 3.8) is 0 Å². The van der Waals surface area contributed by atoms with E-state index in [-0.39, 0.29) is 0 Å². The molecule has 0 bridgehead atoms. The summed E-state index contributed by atoms with van der Waals surface area (Å²) in [6.45, 7) is 1.22. The van der Waals surface area contributed by atoms with Gasteiger partial charge in [0.1, 0.15) is 17.5 Å². The Bertz CT molecular complexity index is 459. The molecule has 2 heterocycles. The maximum atomic E-state index is 8.88. The Balaban J connectivity index is 2.13. The van der Waals surface area contributed by atoms with Gasteiger partial charge in [0, 0.05) is 6.42 Å². The van der Waals surface area contributed by atoms with Crippen LogP contribution in [-0.4, -0.2) is 18.2 Å². The molecule has 3 rings (SSSR count). The molecule has 1 spiro atoms. The molecule has 0 saturated carbocycles. The van der Waals surface area contributed by atoms with Crippen molar-refractivity contribution >= 4 is 0 Å². The summed E-state index contributed by atoms with van der Waals surface area (Å²) in [5, 5.41) is 8.88. The fourth-order valence-corrected chi connectivity index (χ4v) is 2.45. The van der Waals surface area contributed by atoms with Crippen molar-refractivity contribution in [3.8, 4) is 6.07 Å². The van der Waals surface area contributed by atoms with Crippen LogP contribution in [0, 0.1) is 11.3 Å². The first-order valence-corrected chi connectivity index (χ1v) is 5.52. The Morgan fingerprint density at radius 2 is 2.12 bits per heavy atom. The van der Waals surface area contributed by atoms with E-state index >= 15 is 0 Å². The van der Waals surface area contributed by atoms with Crippen LogP contribution in [0.2, 0.25) is 0 Å². The van der Waals surface area contributed by atoms with Crippen LogP contribution >= 0.6 is 0 Å². The lowest BCUT2D eigenvalue weighted by molar-refractivity contribution is -0.178. The van der Waals surface area contributed by atoms with Gasteiger partial charge in [-0.1, -0.05) is 6.07 Å². The summed E-state index contributed by atoms with van der Waals surface area (Å²) in [5.74, 6) is -0.666. The number of hydrogen-bond donors (Lipinski definition) is 0. The van der Waals surface area contributed by atoms with Crippen LogP contribution in [0.3, 0.4) is 0 Å². The first-order chi connectivity index (χ1) is 7.84.